The molecule has 1 unspecified atom stereocenters. The molecule has 0 spiro atoms. The van der Waals surface area contributed by atoms with Gasteiger partial charge in [-0.15, -0.1) is 6.58 Å². The highest BCUT2D eigenvalue weighted by Crippen LogP contribution is 2.28. The Labute approximate surface area is 110 Å². The lowest BCUT2D eigenvalue weighted by molar-refractivity contribution is 0.454. The van der Waals surface area contributed by atoms with Gasteiger partial charge >= 0.3 is 0 Å². The molecule has 1 aromatic rings. The summed E-state index contributed by atoms with van der Waals surface area (Å²) < 4.78 is 0. The molecule has 1 aromatic carbocycles. The van der Waals surface area contributed by atoms with E-state index in [0.29, 0.717) is 5.75 Å². The summed E-state index contributed by atoms with van der Waals surface area (Å²) in [6.07, 6.45) is 1.87. The van der Waals surface area contributed by atoms with Gasteiger partial charge in [0, 0.05) is 36.4 Å². The normalized spacial score (nSPS) is 12.2. The monoisotopic (exact) mass is 248 g/mol. The Morgan fingerprint density at radius 3 is 2.67 bits per heavy atom. The average Bonchev–Trinajstić information content (AvgIpc) is 2.36. The molecule has 3 nitrogen and oxygen atoms in total. The summed E-state index contributed by atoms with van der Waals surface area (Å²) in [5.41, 5.74) is 1.97. The van der Waals surface area contributed by atoms with Crippen LogP contribution in [-0.2, 0) is 0 Å². The van der Waals surface area contributed by atoms with Crippen molar-refractivity contribution in [2.24, 2.45) is 0 Å². The van der Waals surface area contributed by atoms with Crippen molar-refractivity contribution < 1.29 is 5.11 Å². The van der Waals surface area contributed by atoms with E-state index in [1.54, 1.807) is 0 Å². The number of hydrogen-bond acceptors (Lipinski definition) is 3. The second-order valence-electron chi connectivity index (χ2n) is 4.35. The summed E-state index contributed by atoms with van der Waals surface area (Å²) in [6, 6.07) is 6.04. The number of rotatable bonds is 7. The Bertz CT molecular complexity index is 390. The lowest BCUT2D eigenvalue weighted by Gasteiger charge is -2.23. The number of benzene rings is 1. The molecule has 2 N–H and O–H groups in total. The Hall–Kier alpha value is -1.48. The van der Waals surface area contributed by atoms with Gasteiger partial charge in [-0.05, 0) is 26.5 Å². The standard InChI is InChI=1S/C15H24N2O/c1-5-10-17(7-3)13-8-9-14(15(18)11-13)12(4)16-6-2/h5,8-9,11-12,16,18H,1,6-7,10H2,2-4H3. The van der Waals surface area contributed by atoms with E-state index in [4.69, 9.17) is 0 Å². The molecule has 1 atom stereocenters. The van der Waals surface area contributed by atoms with Crippen LogP contribution in [0.25, 0.3) is 0 Å². The van der Waals surface area contributed by atoms with Crippen molar-refractivity contribution in [2.75, 3.05) is 24.5 Å². The van der Waals surface area contributed by atoms with Gasteiger partial charge in [-0.2, -0.15) is 0 Å². The van der Waals surface area contributed by atoms with Crippen molar-refractivity contribution in [3.8, 4) is 5.75 Å². The quantitative estimate of drug-likeness (QED) is 0.728. The van der Waals surface area contributed by atoms with E-state index < -0.39 is 0 Å². The van der Waals surface area contributed by atoms with E-state index >= 15 is 0 Å². The van der Waals surface area contributed by atoms with Gasteiger partial charge in [0.1, 0.15) is 5.75 Å². The van der Waals surface area contributed by atoms with Crippen LogP contribution in [0.2, 0.25) is 0 Å². The smallest absolute Gasteiger partial charge is 0.122 e. The van der Waals surface area contributed by atoms with Crippen LogP contribution in [0.1, 0.15) is 32.4 Å². The largest absolute Gasteiger partial charge is 0.508 e. The van der Waals surface area contributed by atoms with Gasteiger partial charge in [-0.25, -0.2) is 0 Å². The molecular formula is C15H24N2O. The van der Waals surface area contributed by atoms with E-state index in [0.717, 1.165) is 30.9 Å². The van der Waals surface area contributed by atoms with E-state index in [1.807, 2.05) is 18.2 Å². The van der Waals surface area contributed by atoms with Crippen LogP contribution in [0.4, 0.5) is 5.69 Å². The Morgan fingerprint density at radius 1 is 1.44 bits per heavy atom. The zero-order valence-electron chi connectivity index (χ0n) is 11.6. The van der Waals surface area contributed by atoms with Crippen molar-refractivity contribution in [3.05, 3.63) is 36.4 Å². The first kappa shape index (κ1) is 14.6. The maximum absolute atomic E-state index is 10.1. The number of phenols is 1. The van der Waals surface area contributed by atoms with Gasteiger partial charge in [0.15, 0.2) is 0 Å². The highest BCUT2D eigenvalue weighted by atomic mass is 16.3. The molecule has 0 aliphatic rings. The van der Waals surface area contributed by atoms with Crippen LogP contribution >= 0.6 is 0 Å². The Balaban J connectivity index is 2.93. The van der Waals surface area contributed by atoms with Crippen LogP contribution in [-0.4, -0.2) is 24.7 Å². The minimum Gasteiger partial charge on any atom is -0.508 e. The molecule has 1 rings (SSSR count). The number of likely N-dealkylation sites (N-methyl/N-ethyl adjacent to an activating group) is 1. The van der Waals surface area contributed by atoms with E-state index in [1.165, 1.54) is 0 Å². The van der Waals surface area contributed by atoms with Gasteiger partial charge in [0.25, 0.3) is 0 Å². The van der Waals surface area contributed by atoms with Crippen molar-refractivity contribution >= 4 is 5.69 Å². The molecule has 0 aliphatic carbocycles. The van der Waals surface area contributed by atoms with Crippen molar-refractivity contribution in [2.45, 2.75) is 26.8 Å². The predicted octanol–water partition coefficient (Wildman–Crippen LogP) is 3.08. The molecule has 0 saturated heterocycles. The van der Waals surface area contributed by atoms with Crippen LogP contribution in [0.3, 0.4) is 0 Å². The van der Waals surface area contributed by atoms with Gasteiger partial charge < -0.3 is 15.3 Å². The second-order valence-corrected chi connectivity index (χ2v) is 4.35. The van der Waals surface area contributed by atoms with Crippen LogP contribution < -0.4 is 10.2 Å². The van der Waals surface area contributed by atoms with Gasteiger partial charge in [-0.1, -0.05) is 19.1 Å². The highest BCUT2D eigenvalue weighted by molar-refractivity contribution is 5.54. The summed E-state index contributed by atoms with van der Waals surface area (Å²) >= 11 is 0. The lowest BCUT2D eigenvalue weighted by Crippen LogP contribution is -2.22. The first-order valence-corrected chi connectivity index (χ1v) is 6.56. The summed E-state index contributed by atoms with van der Waals surface area (Å²) in [5.74, 6) is 0.350. The lowest BCUT2D eigenvalue weighted by atomic mass is 10.1. The van der Waals surface area contributed by atoms with E-state index in [2.05, 4.69) is 43.6 Å². The predicted molar refractivity (Wildman–Crippen MR) is 78.3 cm³/mol. The average molecular weight is 248 g/mol. The van der Waals surface area contributed by atoms with E-state index in [9.17, 15) is 5.11 Å². The summed E-state index contributed by atoms with van der Waals surface area (Å²) in [7, 11) is 0. The molecule has 0 radical (unpaired) electrons. The third-order valence-corrected chi connectivity index (χ3v) is 3.09. The molecule has 100 valence electrons. The molecule has 18 heavy (non-hydrogen) atoms. The minimum absolute atomic E-state index is 0.165. The first-order chi connectivity index (χ1) is 8.63. The molecule has 0 saturated carbocycles. The summed E-state index contributed by atoms with van der Waals surface area (Å²) in [6.45, 7) is 12.5. The second kappa shape index (κ2) is 7.07. The van der Waals surface area contributed by atoms with E-state index in [-0.39, 0.29) is 6.04 Å². The molecule has 0 aromatic heterocycles. The molecule has 3 heteroatoms. The van der Waals surface area contributed by atoms with Crippen molar-refractivity contribution in [1.82, 2.24) is 5.32 Å². The molecule has 0 amide bonds. The third-order valence-electron chi connectivity index (χ3n) is 3.09. The SMILES string of the molecule is C=CCN(CC)c1ccc(C(C)NCC)c(O)c1. The zero-order chi connectivity index (χ0) is 13.5. The molecule has 0 heterocycles. The third kappa shape index (κ3) is 3.50. The molecule has 0 aliphatic heterocycles. The Morgan fingerprint density at radius 2 is 2.17 bits per heavy atom. The zero-order valence-corrected chi connectivity index (χ0v) is 11.6. The fraction of sp³-hybridized carbons (Fsp3) is 0.467. The molecule has 0 bridgehead atoms. The fourth-order valence-electron chi connectivity index (χ4n) is 2.08. The maximum atomic E-state index is 10.1. The van der Waals surface area contributed by atoms with Gasteiger partial charge in [0.05, 0.1) is 0 Å². The van der Waals surface area contributed by atoms with Crippen LogP contribution in [0, 0.1) is 0 Å². The number of phenolic OH excluding ortho intramolecular Hbond substituents is 1. The van der Waals surface area contributed by atoms with Crippen molar-refractivity contribution in [3.63, 3.8) is 0 Å². The summed E-state index contributed by atoms with van der Waals surface area (Å²) in [5, 5.41) is 13.4. The molecule has 0 fully saturated rings. The van der Waals surface area contributed by atoms with Gasteiger partial charge in [-0.3, -0.25) is 0 Å². The highest BCUT2D eigenvalue weighted by Gasteiger charge is 2.11. The minimum atomic E-state index is 0.165. The maximum Gasteiger partial charge on any atom is 0.122 e. The Kier molecular flexibility index (Phi) is 5.72. The number of nitrogens with one attached hydrogen (secondary N) is 1. The number of nitrogens with zero attached hydrogens (tertiary/aromatic N) is 1. The topological polar surface area (TPSA) is 35.5 Å². The fourth-order valence-corrected chi connectivity index (χ4v) is 2.08. The first-order valence-electron chi connectivity index (χ1n) is 6.56. The van der Waals surface area contributed by atoms with Gasteiger partial charge in [0.2, 0.25) is 0 Å². The van der Waals surface area contributed by atoms with Crippen LogP contribution in [0.15, 0.2) is 30.9 Å². The van der Waals surface area contributed by atoms with Crippen LogP contribution in [0.5, 0.6) is 5.75 Å². The number of anilines is 1. The number of aromatic hydroxyl groups is 1. The summed E-state index contributed by atoms with van der Waals surface area (Å²) in [4.78, 5) is 2.16. The number of hydrogen-bond donors (Lipinski definition) is 2. The molecular weight excluding hydrogens is 224 g/mol. The van der Waals surface area contributed by atoms with Crippen molar-refractivity contribution in [1.29, 1.82) is 0 Å².